The van der Waals surface area contributed by atoms with Gasteiger partial charge in [0, 0.05) is 55.9 Å². The highest BCUT2D eigenvalue weighted by atomic mass is 32.2. The lowest BCUT2D eigenvalue weighted by atomic mass is 9.96. The number of anilines is 1. The molecule has 2 unspecified atom stereocenters. The molecule has 3 aromatic rings. The van der Waals surface area contributed by atoms with Gasteiger partial charge in [0.1, 0.15) is 11.2 Å². The number of benzene rings is 2. The number of sulfone groups is 1. The number of nitrogens with zero attached hydrogens (tertiary/aromatic N) is 4. The van der Waals surface area contributed by atoms with Crippen molar-refractivity contribution < 1.29 is 26.8 Å². The minimum atomic E-state index is -4.18. The molecule has 2 atom stereocenters. The molecule has 2 aromatic carbocycles. The van der Waals surface area contributed by atoms with Crippen LogP contribution in [0.3, 0.4) is 0 Å². The molecule has 0 bridgehead atoms. The van der Waals surface area contributed by atoms with Crippen LogP contribution in [0.2, 0.25) is 0 Å². The molecule has 48 heavy (non-hydrogen) atoms. The van der Waals surface area contributed by atoms with Crippen molar-refractivity contribution in [1.82, 2.24) is 14.8 Å². The van der Waals surface area contributed by atoms with E-state index in [0.29, 0.717) is 52.6 Å². The average molecular weight is 701 g/mol. The standard InChI is InChI=1S/C36H49FN4O5S2/c1-25(2)21-26(3)46-34-8-6-30(23-32(34)37)48(43,44)35-24-38-33-7-5-29(47(4)42)22-31(33)36(35)41-15-11-27(12-16-41)39-13-9-28(10-14-39)40-17-19-45-20-18-40/h5-8,22-28H,9-21H2,1-4H3. The zero-order chi connectivity index (χ0) is 34.0. The predicted molar refractivity (Wildman–Crippen MR) is 188 cm³/mol. The van der Waals surface area contributed by atoms with Crippen molar-refractivity contribution in [2.45, 2.75) is 85.7 Å². The predicted octanol–water partition coefficient (Wildman–Crippen LogP) is 5.52. The van der Waals surface area contributed by atoms with Gasteiger partial charge in [0.15, 0.2) is 16.5 Å². The number of halogens is 1. The zero-order valence-electron chi connectivity index (χ0n) is 28.6. The third-order valence-electron chi connectivity index (χ3n) is 10.1. The Morgan fingerprint density at radius 3 is 2.23 bits per heavy atom. The first-order valence-electron chi connectivity index (χ1n) is 17.3. The summed E-state index contributed by atoms with van der Waals surface area (Å²) < 4.78 is 67.8. The summed E-state index contributed by atoms with van der Waals surface area (Å²) in [6, 6.07) is 10.3. The molecule has 12 heteroatoms. The van der Waals surface area contributed by atoms with Crippen LogP contribution in [0, 0.1) is 11.7 Å². The molecule has 3 saturated heterocycles. The fourth-order valence-electron chi connectivity index (χ4n) is 7.65. The third-order valence-corrected chi connectivity index (χ3v) is 12.8. The summed E-state index contributed by atoms with van der Waals surface area (Å²) in [6.45, 7) is 13.2. The van der Waals surface area contributed by atoms with E-state index in [1.807, 2.05) is 6.92 Å². The topological polar surface area (TPSA) is 98.3 Å². The lowest BCUT2D eigenvalue weighted by Crippen LogP contribution is -2.53. The highest BCUT2D eigenvalue weighted by molar-refractivity contribution is 7.91. The third kappa shape index (κ3) is 7.79. The van der Waals surface area contributed by atoms with Crippen molar-refractivity contribution in [2.75, 3.05) is 63.6 Å². The van der Waals surface area contributed by atoms with Gasteiger partial charge in [-0.2, -0.15) is 0 Å². The molecule has 0 aliphatic carbocycles. The number of aromatic nitrogens is 1. The summed E-state index contributed by atoms with van der Waals surface area (Å²) >= 11 is -1.27. The number of fused-ring (bicyclic) bond motifs is 1. The van der Waals surface area contributed by atoms with E-state index in [-0.39, 0.29) is 21.6 Å². The van der Waals surface area contributed by atoms with Gasteiger partial charge in [0.05, 0.1) is 35.4 Å². The maximum atomic E-state index is 15.3. The van der Waals surface area contributed by atoms with Crippen molar-refractivity contribution >= 4 is 37.6 Å². The van der Waals surface area contributed by atoms with Crippen molar-refractivity contribution in [2.24, 2.45) is 5.92 Å². The van der Waals surface area contributed by atoms with E-state index < -0.39 is 26.8 Å². The lowest BCUT2D eigenvalue weighted by Gasteiger charge is -2.45. The summed E-state index contributed by atoms with van der Waals surface area (Å²) in [5.74, 6) is -0.307. The van der Waals surface area contributed by atoms with Crippen molar-refractivity contribution in [3.63, 3.8) is 0 Å². The smallest absolute Gasteiger partial charge is 0.210 e. The van der Waals surface area contributed by atoms with Crippen LogP contribution >= 0.6 is 0 Å². The van der Waals surface area contributed by atoms with Crippen LogP contribution in [-0.4, -0.2) is 105 Å². The maximum Gasteiger partial charge on any atom is 0.210 e. The Balaban J connectivity index is 1.25. The van der Waals surface area contributed by atoms with Gasteiger partial charge in [0.25, 0.3) is 0 Å². The molecular formula is C36H49FN4O5S2. The molecule has 0 N–H and O–H groups in total. The number of ether oxygens (including phenoxy) is 2. The first-order chi connectivity index (χ1) is 23.0. The first-order valence-corrected chi connectivity index (χ1v) is 20.3. The van der Waals surface area contributed by atoms with Gasteiger partial charge in [-0.25, -0.2) is 12.8 Å². The molecule has 0 saturated carbocycles. The normalized spacial score (nSPS) is 20.8. The largest absolute Gasteiger partial charge is 0.612 e. The van der Waals surface area contributed by atoms with E-state index in [0.717, 1.165) is 77.6 Å². The number of morpholine rings is 1. The van der Waals surface area contributed by atoms with Gasteiger partial charge >= 0.3 is 0 Å². The number of likely N-dealkylation sites (tertiary alicyclic amines) is 1. The van der Waals surface area contributed by atoms with E-state index in [1.165, 1.54) is 18.3 Å². The Labute approximate surface area is 287 Å². The van der Waals surface area contributed by atoms with Crippen LogP contribution in [0.25, 0.3) is 10.9 Å². The summed E-state index contributed by atoms with van der Waals surface area (Å²) in [4.78, 5) is 12.3. The Morgan fingerprint density at radius 2 is 1.60 bits per heavy atom. The van der Waals surface area contributed by atoms with Crippen molar-refractivity contribution in [1.29, 1.82) is 0 Å². The van der Waals surface area contributed by atoms with Crippen LogP contribution in [0.4, 0.5) is 10.1 Å². The molecule has 0 spiro atoms. The van der Waals surface area contributed by atoms with Crippen LogP contribution in [0.1, 0.15) is 52.9 Å². The van der Waals surface area contributed by atoms with E-state index in [1.54, 1.807) is 24.5 Å². The Hall–Kier alpha value is -2.48. The SMILES string of the molecule is CC(C)CC(C)Oc1ccc(S(=O)(=O)c2cnc3ccc([S+](C)[O-])cc3c2N2CCC(N3CCC(N4CCOCC4)CC3)CC2)cc1F. The molecular weight excluding hydrogens is 652 g/mol. The first kappa shape index (κ1) is 35.3. The molecule has 262 valence electrons. The van der Waals surface area contributed by atoms with Gasteiger partial charge in [-0.3, -0.25) is 9.88 Å². The molecule has 6 rings (SSSR count). The Bertz CT molecular complexity index is 1670. The Morgan fingerprint density at radius 1 is 0.958 bits per heavy atom. The number of piperidine rings is 2. The highest BCUT2D eigenvalue weighted by Crippen LogP contribution is 2.39. The molecule has 3 aliphatic heterocycles. The van der Waals surface area contributed by atoms with Gasteiger partial charge in [0.2, 0.25) is 9.84 Å². The average Bonchev–Trinajstić information content (AvgIpc) is 3.08. The second-order valence-electron chi connectivity index (χ2n) is 13.9. The van der Waals surface area contributed by atoms with E-state index in [2.05, 4.69) is 33.5 Å². The van der Waals surface area contributed by atoms with Crippen molar-refractivity contribution in [3.05, 3.63) is 48.4 Å². The molecule has 3 aliphatic rings. The van der Waals surface area contributed by atoms with Gasteiger partial charge in [-0.05, 0) is 99.5 Å². The van der Waals surface area contributed by atoms with Crippen LogP contribution in [0.5, 0.6) is 5.75 Å². The van der Waals surface area contributed by atoms with E-state index in [9.17, 15) is 13.0 Å². The monoisotopic (exact) mass is 700 g/mol. The second-order valence-corrected chi connectivity index (χ2v) is 17.2. The second kappa shape index (κ2) is 15.2. The fourth-order valence-corrected chi connectivity index (χ4v) is 9.64. The number of rotatable bonds is 10. The van der Waals surface area contributed by atoms with Crippen LogP contribution < -0.4 is 9.64 Å². The van der Waals surface area contributed by atoms with Crippen molar-refractivity contribution in [3.8, 4) is 5.75 Å². The number of hydrogen-bond donors (Lipinski definition) is 0. The quantitative estimate of drug-likeness (QED) is 0.253. The molecule has 4 heterocycles. The summed E-state index contributed by atoms with van der Waals surface area (Å²) in [7, 11) is -4.18. The summed E-state index contributed by atoms with van der Waals surface area (Å²) in [5, 5.41) is 0.636. The van der Waals surface area contributed by atoms with Crippen LogP contribution in [0.15, 0.2) is 57.3 Å². The fraction of sp³-hybridized carbons (Fsp3) is 0.583. The maximum absolute atomic E-state index is 15.3. The number of hydrogen-bond acceptors (Lipinski definition) is 9. The molecule has 9 nitrogen and oxygen atoms in total. The highest BCUT2D eigenvalue weighted by Gasteiger charge is 2.34. The summed E-state index contributed by atoms with van der Waals surface area (Å²) in [6.07, 6.45) is 7.66. The minimum Gasteiger partial charge on any atom is -0.612 e. The molecule has 0 amide bonds. The van der Waals surface area contributed by atoms with E-state index >= 15 is 4.39 Å². The minimum absolute atomic E-state index is 0.0278. The molecule has 0 radical (unpaired) electrons. The zero-order valence-corrected chi connectivity index (χ0v) is 30.2. The van der Waals surface area contributed by atoms with E-state index in [4.69, 9.17) is 9.47 Å². The van der Waals surface area contributed by atoms with Gasteiger partial charge in [-0.1, -0.05) is 13.8 Å². The number of pyridine rings is 1. The Kier molecular flexibility index (Phi) is 11.2. The molecule has 1 aromatic heterocycles. The lowest BCUT2D eigenvalue weighted by molar-refractivity contribution is -0.00446. The summed E-state index contributed by atoms with van der Waals surface area (Å²) in [5.41, 5.74) is 1.17. The van der Waals surface area contributed by atoms with Crippen LogP contribution in [-0.2, 0) is 25.7 Å². The van der Waals surface area contributed by atoms with Gasteiger partial charge < -0.3 is 23.8 Å². The van der Waals surface area contributed by atoms with Gasteiger partial charge in [-0.15, -0.1) is 0 Å². The molecule has 3 fully saturated rings.